The predicted molar refractivity (Wildman–Crippen MR) is 117 cm³/mol. The molecule has 8 heteroatoms. The Kier molecular flexibility index (Phi) is 5.13. The van der Waals surface area contributed by atoms with Crippen molar-refractivity contribution in [2.24, 2.45) is 10.9 Å². The van der Waals surface area contributed by atoms with Gasteiger partial charge in [-0.25, -0.2) is 14.8 Å². The van der Waals surface area contributed by atoms with Crippen molar-refractivity contribution in [3.8, 4) is 0 Å². The molecule has 2 aromatic rings. The number of nitrogens with zero attached hydrogens (tertiary/aromatic N) is 3. The number of halogens is 2. The largest absolute Gasteiger partial charge is 0.477 e. The molecule has 2 unspecified atom stereocenters. The van der Waals surface area contributed by atoms with E-state index in [1.54, 1.807) is 12.3 Å². The third-order valence-corrected chi connectivity index (χ3v) is 6.78. The maximum atomic E-state index is 11.9. The van der Waals surface area contributed by atoms with Crippen LogP contribution in [0.25, 0.3) is 0 Å². The number of thioether (sulfide) groups is 1. The minimum Gasteiger partial charge on any atom is -0.477 e. The van der Waals surface area contributed by atoms with Gasteiger partial charge in [0.1, 0.15) is 15.6 Å². The molecule has 1 aromatic heterocycles. The fourth-order valence-electron chi connectivity index (χ4n) is 3.95. The Labute approximate surface area is 183 Å². The van der Waals surface area contributed by atoms with Gasteiger partial charge in [-0.1, -0.05) is 55.2 Å². The average Bonchev–Trinajstić information content (AvgIpc) is 3.16. The van der Waals surface area contributed by atoms with Gasteiger partial charge in [-0.15, -0.1) is 0 Å². The van der Waals surface area contributed by atoms with E-state index in [-0.39, 0.29) is 12.0 Å². The van der Waals surface area contributed by atoms with Crippen LogP contribution in [0.1, 0.15) is 37.9 Å². The number of pyridine rings is 1. The number of aromatic nitrogens is 1. The molecule has 0 saturated carbocycles. The van der Waals surface area contributed by atoms with Gasteiger partial charge in [0.15, 0.2) is 5.17 Å². The zero-order valence-corrected chi connectivity index (χ0v) is 18.4. The number of rotatable bonds is 4. The second kappa shape index (κ2) is 7.35. The molecule has 1 N–H and O–H groups in total. The summed E-state index contributed by atoms with van der Waals surface area (Å²) in [6.45, 7) is 6.04. The standard InChI is InChI=1S/C21H19Cl2N3O2S/c1-11(2)16-17(19(27)28)29-20-25-21(3,13-6-9-15(23)24-10-13)18(26(16)20)12-4-7-14(22)8-5-12/h4-11,18H,1-3H3,(H,27,28). The van der Waals surface area contributed by atoms with Crippen molar-refractivity contribution >= 4 is 46.1 Å². The number of amidine groups is 1. The van der Waals surface area contributed by atoms with Crippen LogP contribution in [0.5, 0.6) is 0 Å². The van der Waals surface area contributed by atoms with Gasteiger partial charge >= 0.3 is 5.97 Å². The number of aliphatic carboxylic acids is 1. The lowest BCUT2D eigenvalue weighted by molar-refractivity contribution is -0.131. The second-order valence-corrected chi connectivity index (χ2v) is 9.31. The zero-order chi connectivity index (χ0) is 20.9. The van der Waals surface area contributed by atoms with Crippen molar-refractivity contribution in [2.45, 2.75) is 32.4 Å². The first-order chi connectivity index (χ1) is 13.7. The van der Waals surface area contributed by atoms with Crippen molar-refractivity contribution in [1.29, 1.82) is 0 Å². The first kappa shape index (κ1) is 20.3. The molecule has 2 aliphatic heterocycles. The minimum absolute atomic E-state index is 0.0155. The molecule has 0 aliphatic carbocycles. The van der Waals surface area contributed by atoms with Crippen molar-refractivity contribution in [3.05, 3.63) is 74.5 Å². The summed E-state index contributed by atoms with van der Waals surface area (Å²) in [4.78, 5) is 23.6. The molecular formula is C21H19Cl2N3O2S. The number of carbonyl (C=O) groups is 1. The highest BCUT2D eigenvalue weighted by atomic mass is 35.5. The van der Waals surface area contributed by atoms with Crippen molar-refractivity contribution in [2.75, 3.05) is 0 Å². The number of hydrogen-bond donors (Lipinski definition) is 1. The van der Waals surface area contributed by atoms with Gasteiger partial charge in [0, 0.05) is 22.5 Å². The first-order valence-electron chi connectivity index (χ1n) is 9.14. The van der Waals surface area contributed by atoms with E-state index in [1.807, 2.05) is 51.1 Å². The van der Waals surface area contributed by atoms with E-state index in [1.165, 1.54) is 11.8 Å². The van der Waals surface area contributed by atoms with Gasteiger partial charge < -0.3 is 10.0 Å². The molecule has 0 radical (unpaired) electrons. The van der Waals surface area contributed by atoms with Crippen molar-refractivity contribution < 1.29 is 9.90 Å². The third-order valence-electron chi connectivity index (χ3n) is 5.25. The van der Waals surface area contributed by atoms with Gasteiger partial charge in [0.2, 0.25) is 0 Å². The minimum atomic E-state index is -0.930. The SMILES string of the molecule is CC(C)C1=C(C(=O)O)SC2=NC(C)(c3ccc(Cl)nc3)C(c3ccc(Cl)cc3)N21. The number of carboxylic acids is 1. The number of aliphatic imine (C=N–C) groups is 1. The fraction of sp³-hybridized carbons (Fsp3) is 0.286. The maximum Gasteiger partial charge on any atom is 0.344 e. The lowest BCUT2D eigenvalue weighted by Crippen LogP contribution is -2.36. The van der Waals surface area contributed by atoms with Gasteiger partial charge in [0.05, 0.1) is 6.04 Å². The molecule has 2 atom stereocenters. The van der Waals surface area contributed by atoms with Crippen LogP contribution in [-0.4, -0.2) is 26.1 Å². The maximum absolute atomic E-state index is 11.9. The van der Waals surface area contributed by atoms with E-state index in [0.717, 1.165) is 16.8 Å². The highest BCUT2D eigenvalue weighted by Crippen LogP contribution is 2.55. The highest BCUT2D eigenvalue weighted by molar-refractivity contribution is 8.18. The summed E-state index contributed by atoms with van der Waals surface area (Å²) < 4.78 is 0. The Morgan fingerprint density at radius 1 is 1.21 bits per heavy atom. The summed E-state index contributed by atoms with van der Waals surface area (Å²) in [5.41, 5.74) is 2.00. The van der Waals surface area contributed by atoms with E-state index < -0.39 is 11.5 Å². The molecule has 3 heterocycles. The van der Waals surface area contributed by atoms with Crippen LogP contribution >= 0.6 is 35.0 Å². The monoisotopic (exact) mass is 447 g/mol. The molecule has 0 spiro atoms. The predicted octanol–water partition coefficient (Wildman–Crippen LogP) is 5.72. The number of allylic oxidation sites excluding steroid dienone is 1. The van der Waals surface area contributed by atoms with Crippen LogP contribution in [0.4, 0.5) is 0 Å². The highest BCUT2D eigenvalue weighted by Gasteiger charge is 2.53. The Bertz CT molecular complexity index is 1030. The zero-order valence-electron chi connectivity index (χ0n) is 16.1. The molecule has 0 amide bonds. The quantitative estimate of drug-likeness (QED) is 0.607. The average molecular weight is 448 g/mol. The number of carboxylic acid groups (broad SMARTS) is 1. The van der Waals surface area contributed by atoms with Crippen LogP contribution in [0.15, 0.2) is 58.2 Å². The smallest absolute Gasteiger partial charge is 0.344 e. The van der Waals surface area contributed by atoms with E-state index in [0.29, 0.717) is 20.2 Å². The van der Waals surface area contributed by atoms with Crippen LogP contribution in [0, 0.1) is 5.92 Å². The normalized spacial score (nSPS) is 23.6. The second-order valence-electron chi connectivity index (χ2n) is 7.51. The van der Waals surface area contributed by atoms with Gasteiger partial charge in [0.25, 0.3) is 0 Å². The number of fused-ring (bicyclic) bond motifs is 1. The van der Waals surface area contributed by atoms with E-state index in [4.69, 9.17) is 28.2 Å². The van der Waals surface area contributed by atoms with Gasteiger partial charge in [-0.2, -0.15) is 0 Å². The molecule has 0 saturated heterocycles. The van der Waals surface area contributed by atoms with Crippen molar-refractivity contribution in [1.82, 2.24) is 9.88 Å². The molecule has 29 heavy (non-hydrogen) atoms. The van der Waals surface area contributed by atoms with Crippen molar-refractivity contribution in [3.63, 3.8) is 0 Å². The third kappa shape index (κ3) is 3.33. The number of hydrogen-bond acceptors (Lipinski definition) is 5. The topological polar surface area (TPSA) is 65.8 Å². The van der Waals surface area contributed by atoms with Crippen LogP contribution in [0.3, 0.4) is 0 Å². The van der Waals surface area contributed by atoms with Gasteiger partial charge in [-0.05, 0) is 48.4 Å². The molecule has 2 aliphatic rings. The summed E-state index contributed by atoms with van der Waals surface area (Å²) >= 11 is 13.3. The Morgan fingerprint density at radius 2 is 1.90 bits per heavy atom. The van der Waals surface area contributed by atoms with E-state index >= 15 is 0 Å². The molecule has 5 nitrogen and oxygen atoms in total. The molecular weight excluding hydrogens is 429 g/mol. The molecule has 150 valence electrons. The van der Waals surface area contributed by atoms with Crippen LogP contribution in [0.2, 0.25) is 10.2 Å². The number of benzene rings is 1. The van der Waals surface area contributed by atoms with Crippen LogP contribution in [-0.2, 0) is 10.3 Å². The summed E-state index contributed by atoms with van der Waals surface area (Å²) in [6, 6.07) is 11.1. The summed E-state index contributed by atoms with van der Waals surface area (Å²) in [7, 11) is 0. The summed E-state index contributed by atoms with van der Waals surface area (Å²) in [5.74, 6) is -0.915. The Balaban J connectivity index is 1.92. The molecule has 0 fully saturated rings. The Morgan fingerprint density at radius 3 is 2.45 bits per heavy atom. The fourth-order valence-corrected chi connectivity index (χ4v) is 5.44. The molecule has 4 rings (SSSR count). The lowest BCUT2D eigenvalue weighted by atomic mass is 9.81. The molecule has 1 aromatic carbocycles. The summed E-state index contributed by atoms with van der Waals surface area (Å²) in [6.07, 6.45) is 1.74. The Hall–Kier alpha value is -2.02. The van der Waals surface area contributed by atoms with E-state index in [9.17, 15) is 9.90 Å². The molecule has 0 bridgehead atoms. The summed E-state index contributed by atoms with van der Waals surface area (Å²) in [5, 5.41) is 11.5. The first-order valence-corrected chi connectivity index (χ1v) is 10.7. The lowest BCUT2D eigenvalue weighted by Gasteiger charge is -2.36. The van der Waals surface area contributed by atoms with Gasteiger partial charge in [-0.3, -0.25) is 0 Å². The van der Waals surface area contributed by atoms with Crippen LogP contribution < -0.4 is 0 Å². The van der Waals surface area contributed by atoms with E-state index in [2.05, 4.69) is 9.88 Å².